The first-order chi connectivity index (χ1) is 16.0. The zero-order valence-electron chi connectivity index (χ0n) is 19.1. The molecule has 0 aromatic heterocycles. The number of nitrogens with zero attached hydrogens (tertiary/aromatic N) is 2. The molecular weight excluding hydrogens is 454 g/mol. The molecule has 176 valence electrons. The van der Waals surface area contributed by atoms with Crippen LogP contribution in [0.2, 0.25) is 5.02 Å². The minimum Gasteiger partial charge on any atom is -0.342 e. The maximum absolute atomic E-state index is 13.6. The van der Waals surface area contributed by atoms with E-state index in [2.05, 4.69) is 16.5 Å². The van der Waals surface area contributed by atoms with E-state index in [1.165, 1.54) is 5.56 Å². The van der Waals surface area contributed by atoms with Gasteiger partial charge in [0.05, 0.1) is 0 Å². The molecule has 1 atom stereocenters. The van der Waals surface area contributed by atoms with Crippen LogP contribution in [0.4, 0.5) is 0 Å². The van der Waals surface area contributed by atoms with Crippen molar-refractivity contribution < 1.29 is 9.59 Å². The van der Waals surface area contributed by atoms with E-state index in [1.54, 1.807) is 11.8 Å². The minimum absolute atomic E-state index is 0.0123. The van der Waals surface area contributed by atoms with Gasteiger partial charge in [-0.25, -0.2) is 0 Å². The Labute approximate surface area is 205 Å². The number of likely N-dealkylation sites (tertiary alicyclic amines) is 1. The van der Waals surface area contributed by atoms with E-state index in [1.807, 2.05) is 59.5 Å². The number of benzene rings is 2. The van der Waals surface area contributed by atoms with Gasteiger partial charge in [0.15, 0.2) is 0 Å². The molecule has 2 aromatic rings. The number of nitrogens with one attached hydrogen (secondary N) is 1. The highest BCUT2D eigenvalue weighted by atomic mass is 35.5. The van der Waals surface area contributed by atoms with Crippen LogP contribution in [-0.4, -0.2) is 64.8 Å². The van der Waals surface area contributed by atoms with Crippen LogP contribution in [0.3, 0.4) is 0 Å². The number of carbonyl (C=O) groups is 2. The van der Waals surface area contributed by atoms with E-state index in [4.69, 9.17) is 11.6 Å². The highest BCUT2D eigenvalue weighted by Gasteiger charge is 2.53. The van der Waals surface area contributed by atoms with Gasteiger partial charge in [-0.1, -0.05) is 54.1 Å². The molecule has 7 heteroatoms. The number of hydrogen-bond donors (Lipinski definition) is 1. The van der Waals surface area contributed by atoms with Gasteiger partial charge in [0.25, 0.3) is 0 Å². The number of thioether (sulfide) groups is 1. The van der Waals surface area contributed by atoms with E-state index < -0.39 is 11.6 Å². The fraction of sp³-hybridized carbons (Fsp3) is 0.462. The van der Waals surface area contributed by atoms with E-state index >= 15 is 0 Å². The molecule has 5 nitrogen and oxygen atoms in total. The molecule has 2 amide bonds. The average Bonchev–Trinajstić information content (AvgIpc) is 2.83. The van der Waals surface area contributed by atoms with Crippen molar-refractivity contribution in [1.29, 1.82) is 0 Å². The second-order valence-electron chi connectivity index (χ2n) is 8.99. The summed E-state index contributed by atoms with van der Waals surface area (Å²) in [6, 6.07) is 17.4. The fourth-order valence-electron chi connectivity index (χ4n) is 4.98. The standard InChI is InChI=1S/C26H32ClN3O2S/c1-33-17-5-14-30-24(31)23(18-20-6-3-2-4-7-20)28-25(32)26(30)12-15-29(16-13-26)19-21-8-10-22(27)11-9-21/h2-4,6-11,23H,5,12-19H2,1H3,(H,28,32). The summed E-state index contributed by atoms with van der Waals surface area (Å²) < 4.78 is 0. The van der Waals surface area contributed by atoms with Gasteiger partial charge < -0.3 is 10.2 Å². The molecular formula is C26H32ClN3O2S. The van der Waals surface area contributed by atoms with Crippen LogP contribution in [0.1, 0.15) is 30.4 Å². The molecule has 2 aliphatic rings. The molecule has 2 aromatic carbocycles. The lowest BCUT2D eigenvalue weighted by molar-refractivity contribution is -0.161. The molecule has 0 saturated carbocycles. The van der Waals surface area contributed by atoms with Crippen LogP contribution in [0.15, 0.2) is 54.6 Å². The molecule has 0 bridgehead atoms. The van der Waals surface area contributed by atoms with Gasteiger partial charge in [-0.2, -0.15) is 11.8 Å². The van der Waals surface area contributed by atoms with Gasteiger partial charge in [-0.05, 0) is 54.5 Å². The van der Waals surface area contributed by atoms with E-state index in [0.717, 1.165) is 42.4 Å². The number of piperidine rings is 1. The topological polar surface area (TPSA) is 52.7 Å². The molecule has 1 unspecified atom stereocenters. The zero-order chi connectivity index (χ0) is 23.3. The molecule has 1 N–H and O–H groups in total. The largest absolute Gasteiger partial charge is 0.342 e. The molecule has 4 rings (SSSR count). The van der Waals surface area contributed by atoms with Crippen molar-refractivity contribution >= 4 is 35.2 Å². The lowest BCUT2D eigenvalue weighted by Gasteiger charge is -2.51. The number of carbonyl (C=O) groups excluding carboxylic acids is 2. The monoisotopic (exact) mass is 485 g/mol. The van der Waals surface area contributed by atoms with Crippen LogP contribution in [0.25, 0.3) is 0 Å². The summed E-state index contributed by atoms with van der Waals surface area (Å²) in [6.45, 7) is 3.03. The molecule has 2 saturated heterocycles. The molecule has 1 spiro atoms. The second kappa shape index (κ2) is 10.9. The summed E-state index contributed by atoms with van der Waals surface area (Å²) in [5, 5.41) is 3.83. The van der Waals surface area contributed by atoms with Gasteiger partial charge in [-0.3, -0.25) is 14.5 Å². The van der Waals surface area contributed by atoms with Crippen molar-refractivity contribution in [3.63, 3.8) is 0 Å². The van der Waals surface area contributed by atoms with E-state index in [9.17, 15) is 9.59 Å². The third-order valence-corrected chi connectivity index (χ3v) is 7.77. The Bertz CT molecular complexity index is 946. The molecule has 2 aliphatic heterocycles. The van der Waals surface area contributed by atoms with Gasteiger partial charge in [-0.15, -0.1) is 0 Å². The average molecular weight is 486 g/mol. The van der Waals surface area contributed by atoms with Crippen molar-refractivity contribution in [1.82, 2.24) is 15.1 Å². The Balaban J connectivity index is 1.47. The molecule has 0 radical (unpaired) electrons. The first-order valence-corrected chi connectivity index (χ1v) is 13.4. The first kappa shape index (κ1) is 24.1. The van der Waals surface area contributed by atoms with E-state index in [0.29, 0.717) is 25.8 Å². The number of hydrogen-bond acceptors (Lipinski definition) is 4. The smallest absolute Gasteiger partial charge is 0.246 e. The molecule has 2 fully saturated rings. The Hall–Kier alpha value is -2.02. The predicted molar refractivity (Wildman–Crippen MR) is 135 cm³/mol. The maximum Gasteiger partial charge on any atom is 0.246 e. The third kappa shape index (κ3) is 5.56. The summed E-state index contributed by atoms with van der Waals surface area (Å²) in [5.41, 5.74) is 1.53. The normalized spacial score (nSPS) is 20.8. The van der Waals surface area contributed by atoms with Crippen LogP contribution < -0.4 is 5.32 Å². The molecule has 0 aliphatic carbocycles. The number of halogens is 1. The first-order valence-electron chi connectivity index (χ1n) is 11.6. The van der Waals surface area contributed by atoms with Gasteiger partial charge in [0, 0.05) is 37.6 Å². The highest BCUT2D eigenvalue weighted by molar-refractivity contribution is 7.98. The zero-order valence-corrected chi connectivity index (χ0v) is 20.7. The van der Waals surface area contributed by atoms with Crippen LogP contribution in [0, 0.1) is 0 Å². The summed E-state index contributed by atoms with van der Waals surface area (Å²) in [4.78, 5) is 31.4. The second-order valence-corrected chi connectivity index (χ2v) is 10.4. The van der Waals surface area contributed by atoms with Crippen LogP contribution in [-0.2, 0) is 22.6 Å². The number of piperazine rings is 1. The van der Waals surface area contributed by atoms with Gasteiger partial charge in [0.2, 0.25) is 11.8 Å². The van der Waals surface area contributed by atoms with Crippen molar-refractivity contribution in [2.24, 2.45) is 0 Å². The molecule has 33 heavy (non-hydrogen) atoms. The van der Waals surface area contributed by atoms with Crippen molar-refractivity contribution in [2.45, 2.75) is 43.8 Å². The minimum atomic E-state index is -0.737. The highest BCUT2D eigenvalue weighted by Crippen LogP contribution is 2.34. The number of rotatable bonds is 8. The summed E-state index contributed by atoms with van der Waals surface area (Å²) in [7, 11) is 0. The van der Waals surface area contributed by atoms with Crippen molar-refractivity contribution in [2.75, 3.05) is 31.6 Å². The fourth-order valence-corrected chi connectivity index (χ4v) is 5.53. The Morgan fingerprint density at radius 3 is 2.39 bits per heavy atom. The van der Waals surface area contributed by atoms with E-state index in [-0.39, 0.29) is 11.8 Å². The van der Waals surface area contributed by atoms with Gasteiger partial charge >= 0.3 is 0 Å². The Kier molecular flexibility index (Phi) is 7.99. The summed E-state index contributed by atoms with van der Waals surface area (Å²) in [6.07, 6.45) is 4.83. The summed E-state index contributed by atoms with van der Waals surface area (Å²) in [5.74, 6) is 1.05. The predicted octanol–water partition coefficient (Wildman–Crippen LogP) is 4.00. The lowest BCUT2D eigenvalue weighted by atomic mass is 9.81. The van der Waals surface area contributed by atoms with Crippen molar-refractivity contribution in [3.8, 4) is 0 Å². The van der Waals surface area contributed by atoms with Crippen molar-refractivity contribution in [3.05, 3.63) is 70.7 Å². The van der Waals surface area contributed by atoms with Crippen LogP contribution >= 0.6 is 23.4 Å². The molecule has 2 heterocycles. The third-order valence-electron chi connectivity index (χ3n) is 6.82. The quantitative estimate of drug-likeness (QED) is 0.574. The lowest BCUT2D eigenvalue weighted by Crippen LogP contribution is -2.73. The van der Waals surface area contributed by atoms with Gasteiger partial charge in [0.1, 0.15) is 11.6 Å². The van der Waals surface area contributed by atoms with Crippen LogP contribution in [0.5, 0.6) is 0 Å². The SMILES string of the molecule is CSCCCN1C(=O)C(Cc2ccccc2)NC(=O)C12CCN(Cc1ccc(Cl)cc1)CC2. The number of amides is 2. The Morgan fingerprint density at radius 1 is 1.03 bits per heavy atom. The maximum atomic E-state index is 13.6. The summed E-state index contributed by atoms with van der Waals surface area (Å²) >= 11 is 7.79. The Morgan fingerprint density at radius 2 is 1.73 bits per heavy atom.